The molecule has 1 rings (SSSR count). The predicted octanol–water partition coefficient (Wildman–Crippen LogP) is 0.926. The van der Waals surface area contributed by atoms with Crippen LogP contribution < -0.4 is 5.73 Å². The number of aromatic nitrogens is 1. The number of hydrogen-bond donors (Lipinski definition) is 2. The summed E-state index contributed by atoms with van der Waals surface area (Å²) in [5.74, 6) is -0.301. The average molecular weight is 212 g/mol. The number of hydrogen-bond acceptors (Lipinski definition) is 4. The molecule has 3 N–H and O–H groups in total. The Morgan fingerprint density at radius 2 is 2.27 bits per heavy atom. The topological polar surface area (TPSA) is 89.4 Å². The average Bonchev–Trinajstić information content (AvgIpc) is 2.51. The van der Waals surface area contributed by atoms with Crippen LogP contribution in [0.2, 0.25) is 0 Å². The maximum absolute atomic E-state index is 10.5. The predicted molar refractivity (Wildman–Crippen MR) is 54.5 cm³/mol. The molecule has 1 aromatic rings. The molecule has 0 aliphatic heterocycles. The number of carboxylic acid groups (broad SMARTS) is 1. The Labute approximate surface area is 88.2 Å². The zero-order valence-corrected chi connectivity index (χ0v) is 9.15. The van der Waals surface area contributed by atoms with Gasteiger partial charge in [0.15, 0.2) is 0 Å². The first-order valence-electron chi connectivity index (χ1n) is 4.75. The highest BCUT2D eigenvalue weighted by Crippen LogP contribution is 2.22. The third kappa shape index (κ3) is 3.06. The molecule has 1 atom stereocenters. The van der Waals surface area contributed by atoms with Crippen LogP contribution in [0.3, 0.4) is 0 Å². The van der Waals surface area contributed by atoms with Gasteiger partial charge in [-0.15, -0.1) is 0 Å². The van der Waals surface area contributed by atoms with Crippen molar-refractivity contribution >= 4 is 5.97 Å². The molecule has 0 spiro atoms. The largest absolute Gasteiger partial charge is 0.480 e. The van der Waals surface area contributed by atoms with Gasteiger partial charge in [0.1, 0.15) is 11.8 Å². The highest BCUT2D eigenvalue weighted by molar-refractivity contribution is 5.73. The monoisotopic (exact) mass is 212 g/mol. The van der Waals surface area contributed by atoms with Crippen molar-refractivity contribution in [1.29, 1.82) is 0 Å². The Morgan fingerprint density at radius 1 is 1.67 bits per heavy atom. The molecule has 5 nitrogen and oxygen atoms in total. The molecule has 0 aromatic carbocycles. The van der Waals surface area contributed by atoms with Crippen LogP contribution in [-0.4, -0.2) is 22.3 Å². The van der Waals surface area contributed by atoms with Crippen molar-refractivity contribution in [3.05, 3.63) is 17.5 Å². The number of nitrogens with two attached hydrogens (primary N) is 1. The summed E-state index contributed by atoms with van der Waals surface area (Å²) in [5, 5.41) is 12.4. The minimum absolute atomic E-state index is 0.126. The van der Waals surface area contributed by atoms with Gasteiger partial charge in [0.25, 0.3) is 0 Å². The summed E-state index contributed by atoms with van der Waals surface area (Å²) in [6.45, 7) is 5.98. The molecular weight excluding hydrogens is 196 g/mol. The van der Waals surface area contributed by atoms with Crippen LogP contribution in [0.25, 0.3) is 0 Å². The summed E-state index contributed by atoms with van der Waals surface area (Å²) in [4.78, 5) is 10.5. The molecule has 0 bridgehead atoms. The van der Waals surface area contributed by atoms with Gasteiger partial charge >= 0.3 is 5.97 Å². The van der Waals surface area contributed by atoms with Crippen molar-refractivity contribution in [2.24, 2.45) is 5.73 Å². The van der Waals surface area contributed by atoms with E-state index in [-0.39, 0.29) is 11.8 Å². The van der Waals surface area contributed by atoms with Gasteiger partial charge in [-0.1, -0.05) is 25.9 Å². The van der Waals surface area contributed by atoms with Crippen molar-refractivity contribution < 1.29 is 14.4 Å². The first-order chi connectivity index (χ1) is 6.80. The lowest BCUT2D eigenvalue weighted by Gasteiger charge is -2.12. The van der Waals surface area contributed by atoms with E-state index in [1.54, 1.807) is 6.07 Å². The van der Waals surface area contributed by atoms with Crippen molar-refractivity contribution in [2.75, 3.05) is 0 Å². The maximum atomic E-state index is 10.5. The number of aliphatic carboxylic acids is 1. The summed E-state index contributed by atoms with van der Waals surface area (Å²) in [5.41, 5.74) is 5.84. The lowest BCUT2D eigenvalue weighted by atomic mass is 9.93. The lowest BCUT2D eigenvalue weighted by molar-refractivity contribution is -0.138. The van der Waals surface area contributed by atoms with Gasteiger partial charge in [0, 0.05) is 17.9 Å². The minimum Gasteiger partial charge on any atom is -0.480 e. The molecule has 0 saturated heterocycles. The van der Waals surface area contributed by atoms with Gasteiger partial charge in [0.05, 0.1) is 5.69 Å². The van der Waals surface area contributed by atoms with Crippen molar-refractivity contribution in [3.63, 3.8) is 0 Å². The fourth-order valence-electron chi connectivity index (χ4n) is 1.07. The highest BCUT2D eigenvalue weighted by Gasteiger charge is 2.21. The van der Waals surface area contributed by atoms with Gasteiger partial charge in [0.2, 0.25) is 0 Å². The number of carbonyl (C=O) groups is 1. The molecule has 0 amide bonds. The quantitative estimate of drug-likeness (QED) is 0.777. The summed E-state index contributed by atoms with van der Waals surface area (Å²) < 4.78 is 5.11. The molecule has 15 heavy (non-hydrogen) atoms. The smallest absolute Gasteiger partial charge is 0.320 e. The Morgan fingerprint density at radius 3 is 2.67 bits per heavy atom. The second-order valence-electron chi connectivity index (χ2n) is 4.58. The molecule has 1 aromatic heterocycles. The van der Waals surface area contributed by atoms with Crippen LogP contribution in [-0.2, 0) is 16.6 Å². The molecule has 84 valence electrons. The second-order valence-corrected chi connectivity index (χ2v) is 4.58. The molecule has 5 heteroatoms. The van der Waals surface area contributed by atoms with Gasteiger partial charge in [-0.2, -0.15) is 0 Å². The van der Waals surface area contributed by atoms with Crippen LogP contribution in [0.5, 0.6) is 0 Å². The molecule has 0 saturated carbocycles. The Balaban J connectivity index is 2.73. The third-order valence-electron chi connectivity index (χ3n) is 2.04. The van der Waals surface area contributed by atoms with E-state index in [1.165, 1.54) is 0 Å². The fraction of sp³-hybridized carbons (Fsp3) is 0.600. The molecule has 0 unspecified atom stereocenters. The van der Waals surface area contributed by atoms with Crippen LogP contribution in [0.4, 0.5) is 0 Å². The summed E-state index contributed by atoms with van der Waals surface area (Å²) in [7, 11) is 0. The first-order valence-corrected chi connectivity index (χ1v) is 4.75. The van der Waals surface area contributed by atoms with E-state index in [4.69, 9.17) is 15.4 Å². The summed E-state index contributed by atoms with van der Waals surface area (Å²) in [6, 6.07) is 0.825. The fourth-order valence-corrected chi connectivity index (χ4v) is 1.07. The zero-order chi connectivity index (χ0) is 11.6. The van der Waals surface area contributed by atoms with E-state index in [1.807, 2.05) is 20.8 Å². The summed E-state index contributed by atoms with van der Waals surface area (Å²) >= 11 is 0. The first kappa shape index (κ1) is 11.7. The van der Waals surface area contributed by atoms with Crippen LogP contribution in [0, 0.1) is 0 Å². The van der Waals surface area contributed by atoms with E-state index in [2.05, 4.69) is 5.16 Å². The van der Waals surface area contributed by atoms with Gasteiger partial charge in [-0.05, 0) is 0 Å². The molecule has 0 radical (unpaired) electrons. The van der Waals surface area contributed by atoms with Gasteiger partial charge in [-0.3, -0.25) is 4.79 Å². The lowest BCUT2D eigenvalue weighted by Crippen LogP contribution is -2.32. The Bertz CT molecular complexity index is 352. The SMILES string of the molecule is CC(C)(C)c1cc(C[C@@H](N)C(=O)O)no1. The number of rotatable bonds is 3. The molecule has 0 aliphatic carbocycles. The van der Waals surface area contributed by atoms with Crippen LogP contribution in [0.15, 0.2) is 10.6 Å². The van der Waals surface area contributed by atoms with Crippen molar-refractivity contribution in [3.8, 4) is 0 Å². The van der Waals surface area contributed by atoms with Crippen molar-refractivity contribution in [1.82, 2.24) is 5.16 Å². The standard InChI is InChI=1S/C10H16N2O3/c1-10(2,3)8-5-6(12-15-8)4-7(11)9(13)14/h5,7H,4,11H2,1-3H3,(H,13,14)/t7-/m1/s1. The third-order valence-corrected chi connectivity index (χ3v) is 2.04. The highest BCUT2D eigenvalue weighted by atomic mass is 16.5. The molecule has 1 heterocycles. The Hall–Kier alpha value is -1.36. The van der Waals surface area contributed by atoms with Crippen LogP contribution >= 0.6 is 0 Å². The van der Waals surface area contributed by atoms with Gasteiger partial charge < -0.3 is 15.4 Å². The summed E-state index contributed by atoms with van der Waals surface area (Å²) in [6.07, 6.45) is 0.189. The zero-order valence-electron chi connectivity index (χ0n) is 9.15. The van der Waals surface area contributed by atoms with Crippen molar-refractivity contribution in [2.45, 2.75) is 38.6 Å². The maximum Gasteiger partial charge on any atom is 0.320 e. The molecule has 0 aliphatic rings. The van der Waals surface area contributed by atoms with E-state index < -0.39 is 12.0 Å². The van der Waals surface area contributed by atoms with E-state index in [9.17, 15) is 4.79 Å². The van der Waals surface area contributed by atoms with E-state index in [0.717, 1.165) is 5.76 Å². The van der Waals surface area contributed by atoms with Crippen LogP contribution in [0.1, 0.15) is 32.2 Å². The normalized spacial score (nSPS) is 13.9. The number of nitrogens with zero attached hydrogens (tertiary/aromatic N) is 1. The number of carboxylic acids is 1. The Kier molecular flexibility index (Phi) is 3.14. The van der Waals surface area contributed by atoms with Gasteiger partial charge in [-0.25, -0.2) is 0 Å². The molecular formula is C10H16N2O3. The second kappa shape index (κ2) is 4.02. The van der Waals surface area contributed by atoms with E-state index >= 15 is 0 Å². The molecule has 0 fully saturated rings. The minimum atomic E-state index is -1.03. The van der Waals surface area contributed by atoms with E-state index in [0.29, 0.717) is 5.69 Å².